The van der Waals surface area contributed by atoms with Crippen LogP contribution in [-0.4, -0.2) is 40.2 Å². The van der Waals surface area contributed by atoms with Crippen LogP contribution in [-0.2, 0) is 11.3 Å². The van der Waals surface area contributed by atoms with E-state index in [0.29, 0.717) is 31.0 Å². The first-order valence-corrected chi connectivity index (χ1v) is 9.22. The molecule has 28 heavy (non-hydrogen) atoms. The maximum atomic E-state index is 13.5. The summed E-state index contributed by atoms with van der Waals surface area (Å²) in [5.74, 6) is -0.562. The molecule has 1 amide bonds. The van der Waals surface area contributed by atoms with Gasteiger partial charge in [-0.05, 0) is 37.1 Å². The molecule has 1 atom stereocenters. The van der Waals surface area contributed by atoms with E-state index in [1.807, 2.05) is 18.2 Å². The van der Waals surface area contributed by atoms with Crippen molar-refractivity contribution in [1.82, 2.24) is 15.0 Å². The molecule has 6 nitrogen and oxygen atoms in total. The molecule has 1 aliphatic rings. The van der Waals surface area contributed by atoms with Gasteiger partial charge in [0.15, 0.2) is 0 Å². The number of nitrogens with zero attached hydrogens (tertiary/aromatic N) is 3. The summed E-state index contributed by atoms with van der Waals surface area (Å²) in [6.07, 6.45) is 3.60. The molecule has 2 aromatic heterocycles. The monoisotopic (exact) mass is 381 g/mol. The van der Waals surface area contributed by atoms with Crippen LogP contribution in [0.25, 0.3) is 11.3 Å². The summed E-state index contributed by atoms with van der Waals surface area (Å²) >= 11 is 0. The Morgan fingerprint density at radius 3 is 2.89 bits per heavy atom. The Labute approximate surface area is 161 Å². The Bertz CT molecular complexity index is 939. The van der Waals surface area contributed by atoms with Crippen LogP contribution in [0, 0.1) is 5.82 Å². The van der Waals surface area contributed by atoms with Crippen molar-refractivity contribution >= 4 is 5.91 Å². The van der Waals surface area contributed by atoms with Crippen molar-refractivity contribution in [3.05, 3.63) is 72.0 Å². The molecule has 0 N–H and O–H groups in total. The summed E-state index contributed by atoms with van der Waals surface area (Å²) in [4.78, 5) is 19.1. The van der Waals surface area contributed by atoms with E-state index in [1.165, 1.54) is 18.2 Å². The molecule has 1 aliphatic heterocycles. The minimum Gasteiger partial charge on any atom is -0.376 e. The van der Waals surface area contributed by atoms with Crippen LogP contribution >= 0.6 is 0 Å². The first kappa shape index (κ1) is 18.3. The highest BCUT2D eigenvalue weighted by atomic mass is 19.1. The van der Waals surface area contributed by atoms with Gasteiger partial charge in [0.1, 0.15) is 11.5 Å². The van der Waals surface area contributed by atoms with Crippen LogP contribution < -0.4 is 0 Å². The van der Waals surface area contributed by atoms with E-state index in [2.05, 4.69) is 10.1 Å². The second-order valence-corrected chi connectivity index (χ2v) is 6.73. The smallest absolute Gasteiger partial charge is 0.292 e. The number of rotatable bonds is 6. The van der Waals surface area contributed by atoms with Crippen LogP contribution in [0.15, 0.2) is 59.3 Å². The third kappa shape index (κ3) is 4.26. The van der Waals surface area contributed by atoms with E-state index in [4.69, 9.17) is 9.26 Å². The van der Waals surface area contributed by atoms with E-state index >= 15 is 0 Å². The highest BCUT2D eigenvalue weighted by molar-refractivity contribution is 5.92. The molecule has 3 heterocycles. The average Bonchev–Trinajstić information content (AvgIpc) is 3.40. The number of halogens is 1. The lowest BCUT2D eigenvalue weighted by molar-refractivity contribution is 0.0474. The number of hydrogen-bond donors (Lipinski definition) is 0. The second kappa shape index (κ2) is 8.31. The van der Waals surface area contributed by atoms with Gasteiger partial charge in [0.2, 0.25) is 5.76 Å². The van der Waals surface area contributed by atoms with Crippen molar-refractivity contribution in [2.75, 3.05) is 13.2 Å². The van der Waals surface area contributed by atoms with Crippen LogP contribution in [0.4, 0.5) is 4.39 Å². The molecule has 1 fully saturated rings. The number of ether oxygens (including phenoxy) is 1. The van der Waals surface area contributed by atoms with Crippen LogP contribution in [0.3, 0.4) is 0 Å². The van der Waals surface area contributed by atoms with Gasteiger partial charge < -0.3 is 14.2 Å². The summed E-state index contributed by atoms with van der Waals surface area (Å²) in [6, 6.07) is 13.1. The van der Waals surface area contributed by atoms with Crippen LogP contribution in [0.1, 0.15) is 29.1 Å². The summed E-state index contributed by atoms with van der Waals surface area (Å²) < 4.78 is 24.4. The molecule has 4 rings (SSSR count). The van der Waals surface area contributed by atoms with E-state index in [-0.39, 0.29) is 23.6 Å². The average molecular weight is 381 g/mol. The van der Waals surface area contributed by atoms with E-state index < -0.39 is 0 Å². The number of amides is 1. The lowest BCUT2D eigenvalue weighted by Crippen LogP contribution is -2.37. The van der Waals surface area contributed by atoms with Gasteiger partial charge >= 0.3 is 0 Å². The predicted molar refractivity (Wildman–Crippen MR) is 99.8 cm³/mol. The number of hydrogen-bond acceptors (Lipinski definition) is 5. The number of pyridine rings is 1. The normalized spacial score (nSPS) is 16.2. The molecule has 144 valence electrons. The van der Waals surface area contributed by atoms with Gasteiger partial charge in [0.25, 0.3) is 5.91 Å². The van der Waals surface area contributed by atoms with Gasteiger partial charge in [-0.3, -0.25) is 9.78 Å². The van der Waals surface area contributed by atoms with E-state index in [1.54, 1.807) is 23.2 Å². The molecule has 0 saturated carbocycles. The largest absolute Gasteiger partial charge is 0.376 e. The van der Waals surface area contributed by atoms with Crippen molar-refractivity contribution < 1.29 is 18.4 Å². The zero-order valence-electron chi connectivity index (χ0n) is 15.3. The molecular weight excluding hydrogens is 361 g/mol. The van der Waals surface area contributed by atoms with Crippen molar-refractivity contribution in [2.45, 2.75) is 25.5 Å². The Kier molecular flexibility index (Phi) is 5.43. The fourth-order valence-corrected chi connectivity index (χ4v) is 3.26. The number of benzene rings is 1. The molecule has 0 spiro atoms. The molecule has 3 aromatic rings. The van der Waals surface area contributed by atoms with Gasteiger partial charge in [0, 0.05) is 31.0 Å². The van der Waals surface area contributed by atoms with Gasteiger partial charge in [-0.25, -0.2) is 4.39 Å². The number of aromatic nitrogens is 2. The van der Waals surface area contributed by atoms with Gasteiger partial charge in [0.05, 0.1) is 18.3 Å². The Balaban J connectivity index is 1.56. The molecule has 1 saturated heterocycles. The summed E-state index contributed by atoms with van der Waals surface area (Å²) in [6.45, 7) is 1.50. The number of carbonyl (C=O) groups excluding carboxylic acids is 1. The van der Waals surface area contributed by atoms with Crippen molar-refractivity contribution in [3.63, 3.8) is 0 Å². The molecule has 0 bridgehead atoms. The van der Waals surface area contributed by atoms with E-state index in [0.717, 1.165) is 18.5 Å². The fraction of sp³-hybridized carbons (Fsp3) is 0.286. The highest BCUT2D eigenvalue weighted by Gasteiger charge is 2.26. The lowest BCUT2D eigenvalue weighted by Gasteiger charge is -2.24. The fourth-order valence-electron chi connectivity index (χ4n) is 3.26. The predicted octanol–water partition coefficient (Wildman–Crippen LogP) is 3.70. The highest BCUT2D eigenvalue weighted by Crippen LogP contribution is 2.22. The maximum absolute atomic E-state index is 13.5. The van der Waals surface area contributed by atoms with Crippen molar-refractivity contribution in [3.8, 4) is 11.3 Å². The zero-order chi connectivity index (χ0) is 19.3. The third-order valence-electron chi connectivity index (χ3n) is 4.66. The van der Waals surface area contributed by atoms with Crippen molar-refractivity contribution in [2.24, 2.45) is 0 Å². The van der Waals surface area contributed by atoms with Gasteiger partial charge in [-0.15, -0.1) is 0 Å². The molecule has 0 aliphatic carbocycles. The summed E-state index contributed by atoms with van der Waals surface area (Å²) in [5, 5.41) is 3.93. The minimum absolute atomic E-state index is 0.00160. The Hall–Kier alpha value is -3.06. The first-order valence-electron chi connectivity index (χ1n) is 9.22. The maximum Gasteiger partial charge on any atom is 0.292 e. The zero-order valence-corrected chi connectivity index (χ0v) is 15.3. The van der Waals surface area contributed by atoms with Crippen molar-refractivity contribution in [1.29, 1.82) is 0 Å². The first-order chi connectivity index (χ1) is 13.7. The molecule has 7 heteroatoms. The molecule has 1 aromatic carbocycles. The Morgan fingerprint density at radius 1 is 1.21 bits per heavy atom. The molecule has 0 unspecified atom stereocenters. The van der Waals surface area contributed by atoms with Crippen LogP contribution in [0.2, 0.25) is 0 Å². The van der Waals surface area contributed by atoms with Gasteiger partial charge in [-0.2, -0.15) is 0 Å². The lowest BCUT2D eigenvalue weighted by atomic mass is 10.1. The summed E-state index contributed by atoms with van der Waals surface area (Å²) in [7, 11) is 0. The topological polar surface area (TPSA) is 68.5 Å². The molecular formula is C21H20FN3O3. The number of carbonyl (C=O) groups is 1. The standard InChI is InChI=1S/C21H20FN3O3/c22-16-6-3-5-15(11-16)19-12-20(28-24-19)21(26)25(14-18-8-4-10-27-18)13-17-7-1-2-9-23-17/h1-3,5-7,9,11-12,18H,4,8,10,13-14H2/t18-/m0/s1. The summed E-state index contributed by atoms with van der Waals surface area (Å²) in [5.41, 5.74) is 1.75. The van der Waals surface area contributed by atoms with Gasteiger partial charge in [-0.1, -0.05) is 23.4 Å². The second-order valence-electron chi connectivity index (χ2n) is 6.73. The van der Waals surface area contributed by atoms with Crippen LogP contribution in [0.5, 0.6) is 0 Å². The minimum atomic E-state index is -0.372. The quantitative estimate of drug-likeness (QED) is 0.651. The third-order valence-corrected chi connectivity index (χ3v) is 4.66. The Morgan fingerprint density at radius 2 is 2.14 bits per heavy atom. The molecule has 0 radical (unpaired) electrons. The van der Waals surface area contributed by atoms with E-state index in [9.17, 15) is 9.18 Å². The SMILES string of the molecule is O=C(c1cc(-c2cccc(F)c2)no1)N(Cc1ccccn1)C[C@@H]1CCCO1.